The average Bonchev–Trinajstić information content (AvgIpc) is 2.96. The number of carbonyl (C=O) groups excluding carboxylic acids is 1. The maximum Gasteiger partial charge on any atom is 0.433 e. The molecule has 0 saturated heterocycles. The number of aryl methyl sites for hydroxylation is 1. The molecule has 7 nitrogen and oxygen atoms in total. The van der Waals surface area contributed by atoms with Crippen LogP contribution in [0, 0.1) is 35.3 Å². The molecule has 0 aliphatic heterocycles. The quantitative estimate of drug-likeness (QED) is 0.690. The second-order valence-corrected chi connectivity index (χ2v) is 5.17. The van der Waals surface area contributed by atoms with Crippen molar-refractivity contribution >= 4 is 28.1 Å². The lowest BCUT2D eigenvalue weighted by Crippen LogP contribution is -2.10. The summed E-state index contributed by atoms with van der Waals surface area (Å²) in [6.07, 6.45) is 0. The minimum Gasteiger partial charge on any atom is -0.395 e. The van der Waals surface area contributed by atoms with E-state index in [1.165, 1.54) is 17.4 Å². The number of hydrogen-bond donors (Lipinski definition) is 1. The molecule has 0 aromatic carbocycles. The van der Waals surface area contributed by atoms with E-state index in [0.717, 1.165) is 16.5 Å². The van der Waals surface area contributed by atoms with Gasteiger partial charge in [-0.05, 0) is 25.5 Å². The number of amides is 1. The van der Waals surface area contributed by atoms with E-state index in [4.69, 9.17) is 9.68 Å². The van der Waals surface area contributed by atoms with Crippen LogP contribution in [0.1, 0.15) is 26.6 Å². The van der Waals surface area contributed by atoms with Gasteiger partial charge in [-0.3, -0.25) is 14.9 Å². The minimum absolute atomic E-state index is 0.177. The van der Waals surface area contributed by atoms with Gasteiger partial charge in [-0.1, -0.05) is 0 Å². The Labute approximate surface area is 117 Å². The molecule has 2 aromatic heterocycles. The van der Waals surface area contributed by atoms with Gasteiger partial charge < -0.3 is 9.73 Å². The zero-order valence-corrected chi connectivity index (χ0v) is 11.4. The summed E-state index contributed by atoms with van der Waals surface area (Å²) in [6.45, 7) is 3.63. The number of furan rings is 1. The third-order valence-electron chi connectivity index (χ3n) is 2.72. The van der Waals surface area contributed by atoms with Gasteiger partial charge in [-0.15, -0.1) is 11.3 Å². The number of nitro groups is 1. The second kappa shape index (κ2) is 5.14. The van der Waals surface area contributed by atoms with Gasteiger partial charge in [-0.2, -0.15) is 5.26 Å². The third-order valence-corrected chi connectivity index (χ3v) is 3.84. The standard InChI is InChI=1S/C12H9N3O4S/c1-6-7(2)20-12(8(6)5-13)14-11(16)9-3-4-10(19-9)15(17)18/h3-4H,1-2H3,(H,14,16). The zero-order chi connectivity index (χ0) is 14.9. The maximum atomic E-state index is 11.9. The van der Waals surface area contributed by atoms with Crippen molar-refractivity contribution in [3.63, 3.8) is 0 Å². The van der Waals surface area contributed by atoms with Crippen molar-refractivity contribution < 1.29 is 14.1 Å². The van der Waals surface area contributed by atoms with Gasteiger partial charge in [0.15, 0.2) is 5.76 Å². The van der Waals surface area contributed by atoms with Gasteiger partial charge in [-0.25, -0.2) is 0 Å². The Morgan fingerprint density at radius 1 is 1.50 bits per heavy atom. The van der Waals surface area contributed by atoms with Crippen molar-refractivity contribution in [2.45, 2.75) is 13.8 Å². The van der Waals surface area contributed by atoms with Gasteiger partial charge in [0, 0.05) is 4.88 Å². The van der Waals surface area contributed by atoms with Crippen LogP contribution in [0.4, 0.5) is 10.9 Å². The number of hydrogen-bond acceptors (Lipinski definition) is 6. The van der Waals surface area contributed by atoms with Crippen LogP contribution in [-0.2, 0) is 0 Å². The molecule has 0 bridgehead atoms. The van der Waals surface area contributed by atoms with Crippen LogP contribution in [0.5, 0.6) is 0 Å². The minimum atomic E-state index is -0.725. The SMILES string of the molecule is Cc1sc(NC(=O)c2ccc([N+](=O)[O-])o2)c(C#N)c1C. The summed E-state index contributed by atoms with van der Waals surface area (Å²) < 4.78 is 4.80. The molecule has 0 spiro atoms. The summed E-state index contributed by atoms with van der Waals surface area (Å²) >= 11 is 1.27. The number of nitrogens with zero attached hydrogens (tertiary/aromatic N) is 2. The zero-order valence-electron chi connectivity index (χ0n) is 10.6. The van der Waals surface area contributed by atoms with Crippen molar-refractivity contribution in [1.82, 2.24) is 0 Å². The molecule has 1 N–H and O–H groups in total. The van der Waals surface area contributed by atoms with Gasteiger partial charge in [0.1, 0.15) is 16.0 Å². The number of rotatable bonds is 3. The van der Waals surface area contributed by atoms with Crippen molar-refractivity contribution in [2.24, 2.45) is 0 Å². The predicted octanol–water partition coefficient (Wildman–Crippen LogP) is 2.99. The van der Waals surface area contributed by atoms with Crippen LogP contribution in [0.2, 0.25) is 0 Å². The Hall–Kier alpha value is -2.66. The summed E-state index contributed by atoms with van der Waals surface area (Å²) in [7, 11) is 0. The molecule has 0 atom stereocenters. The number of nitrogens with one attached hydrogen (secondary N) is 1. The number of anilines is 1. The van der Waals surface area contributed by atoms with Crippen LogP contribution in [0.25, 0.3) is 0 Å². The molecule has 0 saturated carbocycles. The van der Waals surface area contributed by atoms with Crippen molar-refractivity contribution in [2.75, 3.05) is 5.32 Å². The lowest BCUT2D eigenvalue weighted by Gasteiger charge is -1.99. The summed E-state index contributed by atoms with van der Waals surface area (Å²) in [5.41, 5.74) is 1.19. The fourth-order valence-electron chi connectivity index (χ4n) is 1.56. The van der Waals surface area contributed by atoms with Gasteiger partial charge in [0.2, 0.25) is 0 Å². The Balaban J connectivity index is 2.26. The van der Waals surface area contributed by atoms with Gasteiger partial charge in [0.25, 0.3) is 5.91 Å². The topological polar surface area (TPSA) is 109 Å². The lowest BCUT2D eigenvalue weighted by molar-refractivity contribution is -0.402. The third kappa shape index (κ3) is 2.39. The van der Waals surface area contributed by atoms with Crippen molar-refractivity contribution in [3.8, 4) is 6.07 Å². The molecule has 2 heterocycles. The molecule has 20 heavy (non-hydrogen) atoms. The van der Waals surface area contributed by atoms with Crippen LogP contribution >= 0.6 is 11.3 Å². The first-order valence-electron chi connectivity index (χ1n) is 5.49. The highest BCUT2D eigenvalue weighted by Crippen LogP contribution is 2.32. The van der Waals surface area contributed by atoms with Crippen molar-refractivity contribution in [3.05, 3.63) is 44.0 Å². The fourth-order valence-corrected chi connectivity index (χ4v) is 2.57. The largest absolute Gasteiger partial charge is 0.433 e. The van der Waals surface area contributed by atoms with Crippen LogP contribution < -0.4 is 5.32 Å². The Morgan fingerprint density at radius 2 is 2.20 bits per heavy atom. The molecule has 0 radical (unpaired) electrons. The van der Waals surface area contributed by atoms with E-state index in [-0.39, 0.29) is 5.76 Å². The highest BCUT2D eigenvalue weighted by molar-refractivity contribution is 7.16. The van der Waals surface area contributed by atoms with Crippen LogP contribution in [0.3, 0.4) is 0 Å². The maximum absolute atomic E-state index is 11.9. The second-order valence-electron chi connectivity index (χ2n) is 3.95. The van der Waals surface area contributed by atoms with Gasteiger partial charge >= 0.3 is 5.88 Å². The summed E-state index contributed by atoms with van der Waals surface area (Å²) in [5, 5.41) is 22.5. The molecule has 102 valence electrons. The summed E-state index contributed by atoms with van der Waals surface area (Å²) in [5.74, 6) is -1.31. The smallest absolute Gasteiger partial charge is 0.395 e. The van der Waals surface area contributed by atoms with E-state index >= 15 is 0 Å². The Kier molecular flexibility index (Phi) is 3.54. The van der Waals surface area contributed by atoms with Crippen molar-refractivity contribution in [1.29, 1.82) is 5.26 Å². The van der Waals surface area contributed by atoms with E-state index < -0.39 is 16.7 Å². The molecule has 8 heteroatoms. The fraction of sp³-hybridized carbons (Fsp3) is 0.167. The molecule has 2 rings (SSSR count). The molecular formula is C12H9N3O4S. The molecule has 2 aromatic rings. The molecule has 0 fully saturated rings. The van der Waals surface area contributed by atoms with Crippen LogP contribution in [0.15, 0.2) is 16.5 Å². The summed E-state index contributed by atoms with van der Waals surface area (Å²) in [6, 6.07) is 4.34. The highest BCUT2D eigenvalue weighted by Gasteiger charge is 2.20. The first kappa shape index (κ1) is 13.8. The van der Waals surface area contributed by atoms with E-state index in [2.05, 4.69) is 5.32 Å². The molecule has 0 aliphatic carbocycles. The summed E-state index contributed by atoms with van der Waals surface area (Å²) in [4.78, 5) is 22.6. The Bertz CT molecular complexity index is 738. The van der Waals surface area contributed by atoms with Crippen LogP contribution in [-0.4, -0.2) is 10.8 Å². The first-order valence-corrected chi connectivity index (χ1v) is 6.31. The number of thiophene rings is 1. The van der Waals surface area contributed by atoms with E-state index in [0.29, 0.717) is 10.6 Å². The van der Waals surface area contributed by atoms with Gasteiger partial charge in [0.05, 0.1) is 11.6 Å². The molecule has 0 aliphatic rings. The lowest BCUT2D eigenvalue weighted by atomic mass is 10.2. The molecule has 1 amide bonds. The first-order chi connectivity index (χ1) is 9.43. The number of carbonyl (C=O) groups is 1. The van der Waals surface area contributed by atoms with E-state index in [1.54, 1.807) is 6.92 Å². The average molecular weight is 291 g/mol. The Morgan fingerprint density at radius 3 is 2.75 bits per heavy atom. The highest BCUT2D eigenvalue weighted by atomic mass is 32.1. The van der Waals surface area contributed by atoms with E-state index in [1.807, 2.05) is 13.0 Å². The number of nitriles is 1. The molecular weight excluding hydrogens is 282 g/mol. The normalized spacial score (nSPS) is 10.1. The molecule has 0 unspecified atom stereocenters. The predicted molar refractivity (Wildman–Crippen MR) is 71.8 cm³/mol. The van der Waals surface area contributed by atoms with E-state index in [9.17, 15) is 14.9 Å². The monoisotopic (exact) mass is 291 g/mol.